The highest BCUT2D eigenvalue weighted by atomic mass is 16.4. The van der Waals surface area contributed by atoms with Crippen LogP contribution in [0.25, 0.3) is 10.8 Å². The van der Waals surface area contributed by atoms with E-state index < -0.39 is 5.97 Å². The number of aliphatic carboxylic acids is 1. The van der Waals surface area contributed by atoms with Gasteiger partial charge in [-0.25, -0.2) is 0 Å². The molecule has 0 spiro atoms. The average Bonchev–Trinajstić information content (AvgIpc) is 2.43. The van der Waals surface area contributed by atoms with Crippen molar-refractivity contribution >= 4 is 22.5 Å². The van der Waals surface area contributed by atoms with Gasteiger partial charge >= 0.3 is 5.97 Å². The maximum absolute atomic E-state index is 11.9. The summed E-state index contributed by atoms with van der Waals surface area (Å²) in [5.41, 5.74) is 1.85. The van der Waals surface area contributed by atoms with Crippen molar-refractivity contribution in [3.8, 4) is 0 Å². The molecule has 1 N–H and O–H groups in total. The van der Waals surface area contributed by atoms with Crippen molar-refractivity contribution in [3.05, 3.63) is 47.5 Å². The predicted molar refractivity (Wildman–Crippen MR) is 79.2 cm³/mol. The van der Waals surface area contributed by atoms with Crippen LogP contribution >= 0.6 is 0 Å². The van der Waals surface area contributed by atoms with Crippen molar-refractivity contribution in [2.45, 2.75) is 32.6 Å². The van der Waals surface area contributed by atoms with Gasteiger partial charge < -0.3 is 5.11 Å². The zero-order valence-electron chi connectivity index (χ0n) is 11.7. The molecule has 0 saturated carbocycles. The van der Waals surface area contributed by atoms with Gasteiger partial charge in [-0.3, -0.25) is 9.59 Å². The number of rotatable bonds is 5. The maximum atomic E-state index is 11.9. The van der Waals surface area contributed by atoms with E-state index in [9.17, 15) is 9.59 Å². The van der Waals surface area contributed by atoms with Crippen LogP contribution in [0.15, 0.2) is 36.4 Å². The Kier molecular flexibility index (Phi) is 4.18. The molecular weight excluding hydrogens is 252 g/mol. The minimum Gasteiger partial charge on any atom is -0.481 e. The Morgan fingerprint density at radius 2 is 1.65 bits per heavy atom. The summed E-state index contributed by atoms with van der Waals surface area (Å²) in [6.07, 6.45) is -0.0753. The number of ketones is 1. The van der Waals surface area contributed by atoms with Gasteiger partial charge in [0.2, 0.25) is 0 Å². The second-order valence-electron chi connectivity index (χ2n) is 5.29. The van der Waals surface area contributed by atoms with Crippen LogP contribution < -0.4 is 0 Å². The Morgan fingerprint density at radius 1 is 1.00 bits per heavy atom. The second kappa shape index (κ2) is 5.87. The normalized spacial score (nSPS) is 10.9. The molecule has 0 amide bonds. The number of hydrogen-bond donors (Lipinski definition) is 1. The molecule has 2 rings (SSSR count). The summed E-state index contributed by atoms with van der Waals surface area (Å²) < 4.78 is 0. The third kappa shape index (κ3) is 3.23. The van der Waals surface area contributed by atoms with E-state index in [0.717, 1.165) is 10.8 Å². The number of fused-ring (bicyclic) bond motifs is 1. The summed E-state index contributed by atoms with van der Waals surface area (Å²) >= 11 is 0. The average molecular weight is 270 g/mol. The molecule has 0 aromatic heterocycles. The van der Waals surface area contributed by atoms with Crippen LogP contribution in [-0.2, 0) is 4.79 Å². The SMILES string of the molecule is CC(C)c1ccc2cc(C(=O)CCC(=O)O)ccc2c1. The number of Topliss-reactive ketones (excluding diaryl/α,β-unsaturated/α-hetero) is 1. The van der Waals surface area contributed by atoms with Crippen molar-refractivity contribution in [1.29, 1.82) is 0 Å². The second-order valence-corrected chi connectivity index (χ2v) is 5.29. The first-order chi connectivity index (χ1) is 9.47. The first-order valence-electron chi connectivity index (χ1n) is 6.76. The van der Waals surface area contributed by atoms with Gasteiger partial charge in [-0.2, -0.15) is 0 Å². The van der Waals surface area contributed by atoms with Crippen LogP contribution in [0, 0.1) is 0 Å². The summed E-state index contributed by atoms with van der Waals surface area (Å²) in [6.45, 7) is 4.29. The van der Waals surface area contributed by atoms with Crippen molar-refractivity contribution in [2.75, 3.05) is 0 Å². The monoisotopic (exact) mass is 270 g/mol. The van der Waals surface area contributed by atoms with Gasteiger partial charge in [0.05, 0.1) is 6.42 Å². The van der Waals surface area contributed by atoms with E-state index >= 15 is 0 Å². The molecule has 2 aromatic rings. The number of benzene rings is 2. The van der Waals surface area contributed by atoms with Crippen LogP contribution in [0.4, 0.5) is 0 Å². The van der Waals surface area contributed by atoms with Gasteiger partial charge in [0.1, 0.15) is 0 Å². The Bertz CT molecular complexity index is 656. The van der Waals surface area contributed by atoms with Crippen LogP contribution in [0.2, 0.25) is 0 Å². The number of carbonyl (C=O) groups is 2. The molecule has 0 saturated heterocycles. The van der Waals surface area contributed by atoms with Gasteiger partial charge in [-0.1, -0.05) is 44.2 Å². The molecule has 2 aromatic carbocycles. The molecule has 0 aliphatic heterocycles. The molecule has 104 valence electrons. The third-order valence-corrected chi connectivity index (χ3v) is 3.42. The van der Waals surface area contributed by atoms with Crippen LogP contribution in [0.1, 0.15) is 48.5 Å². The molecular formula is C17H18O3. The van der Waals surface area contributed by atoms with Gasteiger partial charge in [0.25, 0.3) is 0 Å². The molecule has 20 heavy (non-hydrogen) atoms. The maximum Gasteiger partial charge on any atom is 0.303 e. The Balaban J connectivity index is 2.27. The summed E-state index contributed by atoms with van der Waals surface area (Å²) in [5, 5.41) is 10.7. The van der Waals surface area contributed by atoms with Crippen molar-refractivity contribution in [2.24, 2.45) is 0 Å². The van der Waals surface area contributed by atoms with E-state index in [0.29, 0.717) is 11.5 Å². The first kappa shape index (κ1) is 14.3. The zero-order valence-corrected chi connectivity index (χ0v) is 11.7. The van der Waals surface area contributed by atoms with Crippen molar-refractivity contribution in [1.82, 2.24) is 0 Å². The van der Waals surface area contributed by atoms with Crippen LogP contribution in [0.5, 0.6) is 0 Å². The summed E-state index contributed by atoms with van der Waals surface area (Å²) in [6, 6.07) is 11.7. The number of carboxylic acids is 1. The minimum absolute atomic E-state index is 0.0465. The molecule has 0 bridgehead atoms. The fourth-order valence-corrected chi connectivity index (χ4v) is 2.16. The molecule has 0 radical (unpaired) electrons. The lowest BCUT2D eigenvalue weighted by Crippen LogP contribution is -2.03. The van der Waals surface area contributed by atoms with Crippen LogP contribution in [-0.4, -0.2) is 16.9 Å². The van der Waals surface area contributed by atoms with E-state index in [2.05, 4.69) is 26.0 Å². The number of hydrogen-bond acceptors (Lipinski definition) is 2. The quantitative estimate of drug-likeness (QED) is 0.835. The van der Waals surface area contributed by atoms with Crippen molar-refractivity contribution in [3.63, 3.8) is 0 Å². The highest BCUT2D eigenvalue weighted by molar-refractivity contribution is 6.00. The largest absolute Gasteiger partial charge is 0.481 e. The van der Waals surface area contributed by atoms with Crippen molar-refractivity contribution < 1.29 is 14.7 Å². The lowest BCUT2D eigenvalue weighted by atomic mass is 9.97. The molecule has 0 fully saturated rings. The fraction of sp³-hybridized carbons (Fsp3) is 0.294. The lowest BCUT2D eigenvalue weighted by Gasteiger charge is -2.08. The standard InChI is InChI=1S/C17H18O3/c1-11(2)12-3-4-14-10-15(6-5-13(14)9-12)16(18)7-8-17(19)20/h3-6,9-11H,7-8H2,1-2H3,(H,19,20). The number of carboxylic acid groups (broad SMARTS) is 1. The molecule has 3 nitrogen and oxygen atoms in total. The molecule has 0 unspecified atom stereocenters. The zero-order chi connectivity index (χ0) is 14.7. The van der Waals surface area contributed by atoms with Gasteiger partial charge in [0.15, 0.2) is 5.78 Å². The minimum atomic E-state index is -0.944. The molecule has 0 aliphatic carbocycles. The van der Waals surface area contributed by atoms with E-state index in [-0.39, 0.29) is 18.6 Å². The predicted octanol–water partition coefficient (Wildman–Crippen LogP) is 4.01. The first-order valence-corrected chi connectivity index (χ1v) is 6.76. The molecule has 0 aliphatic rings. The fourth-order valence-electron chi connectivity index (χ4n) is 2.16. The van der Waals surface area contributed by atoms with E-state index in [4.69, 9.17) is 5.11 Å². The Hall–Kier alpha value is -2.16. The Labute approximate surface area is 118 Å². The molecule has 0 atom stereocenters. The van der Waals surface area contributed by atoms with E-state index in [1.807, 2.05) is 18.2 Å². The molecule has 3 heteroatoms. The topological polar surface area (TPSA) is 54.4 Å². The third-order valence-electron chi connectivity index (χ3n) is 3.42. The summed E-state index contributed by atoms with van der Waals surface area (Å²) in [5.74, 6) is -0.598. The van der Waals surface area contributed by atoms with Gasteiger partial charge in [-0.05, 0) is 28.3 Å². The molecule has 0 heterocycles. The summed E-state index contributed by atoms with van der Waals surface area (Å²) in [7, 11) is 0. The van der Waals surface area contributed by atoms with E-state index in [1.54, 1.807) is 6.07 Å². The van der Waals surface area contributed by atoms with Gasteiger partial charge in [0, 0.05) is 12.0 Å². The van der Waals surface area contributed by atoms with Gasteiger partial charge in [-0.15, -0.1) is 0 Å². The Morgan fingerprint density at radius 3 is 2.30 bits per heavy atom. The lowest BCUT2D eigenvalue weighted by molar-refractivity contribution is -0.136. The van der Waals surface area contributed by atoms with E-state index in [1.165, 1.54) is 5.56 Å². The smallest absolute Gasteiger partial charge is 0.303 e. The highest BCUT2D eigenvalue weighted by Gasteiger charge is 2.09. The highest BCUT2D eigenvalue weighted by Crippen LogP contribution is 2.23. The summed E-state index contributed by atoms with van der Waals surface area (Å²) in [4.78, 5) is 22.4. The van der Waals surface area contributed by atoms with Crippen LogP contribution in [0.3, 0.4) is 0 Å². The number of carbonyl (C=O) groups excluding carboxylic acids is 1.